The van der Waals surface area contributed by atoms with E-state index in [9.17, 15) is 26.4 Å². The van der Waals surface area contributed by atoms with E-state index in [4.69, 9.17) is 9.15 Å². The number of carbonyl (C=O) groups excluding carboxylic acids is 1. The average molecular weight is 560 g/mol. The maximum absolute atomic E-state index is 13.3. The van der Waals surface area contributed by atoms with Gasteiger partial charge in [-0.2, -0.15) is 17.5 Å². The number of aromatic nitrogens is 2. The number of alkyl halides is 3. The Morgan fingerprint density at radius 1 is 1.10 bits per heavy atom. The van der Waals surface area contributed by atoms with Crippen LogP contribution < -0.4 is 4.74 Å². The standard InChI is InChI=1S/C27H24F3N3O5S/c28-27(29,30)25-14-19(8-11-32-25)17-37-21-4-1-3-18(13-21)6-7-23(34)22-5-2-12-33(22)39(35,36)26-15-20-16-31-10-9-24(20)38-26/h1,3-4,8-11,13-16,22H,2,5-7,12,17H2/t22-/m0/s1. The highest BCUT2D eigenvalue weighted by Gasteiger charge is 2.40. The molecule has 0 saturated carbocycles. The van der Waals surface area contributed by atoms with Gasteiger partial charge in [0.1, 0.15) is 23.6 Å². The van der Waals surface area contributed by atoms with E-state index in [0.717, 1.165) is 17.8 Å². The van der Waals surface area contributed by atoms with Crippen LogP contribution in [0.5, 0.6) is 5.75 Å². The lowest BCUT2D eigenvalue weighted by atomic mass is 10.0. The van der Waals surface area contributed by atoms with Crippen LogP contribution in [0.2, 0.25) is 0 Å². The van der Waals surface area contributed by atoms with E-state index in [0.29, 0.717) is 41.5 Å². The van der Waals surface area contributed by atoms with E-state index >= 15 is 0 Å². The molecular formula is C27H24F3N3O5S. The lowest BCUT2D eigenvalue weighted by Gasteiger charge is -2.21. The number of hydrogen-bond acceptors (Lipinski definition) is 7. The van der Waals surface area contributed by atoms with E-state index in [1.54, 1.807) is 30.3 Å². The van der Waals surface area contributed by atoms with Crippen molar-refractivity contribution in [3.05, 3.63) is 83.9 Å². The van der Waals surface area contributed by atoms with Gasteiger partial charge in [0.05, 0.1) is 6.04 Å². The first kappa shape index (κ1) is 26.8. The second-order valence-electron chi connectivity index (χ2n) is 9.20. The van der Waals surface area contributed by atoms with E-state index < -0.39 is 27.9 Å². The molecule has 39 heavy (non-hydrogen) atoms. The number of rotatable bonds is 9. The summed E-state index contributed by atoms with van der Waals surface area (Å²) in [6, 6.07) is 11.5. The number of hydrogen-bond donors (Lipinski definition) is 0. The molecule has 0 aliphatic carbocycles. The van der Waals surface area contributed by atoms with E-state index in [2.05, 4.69) is 9.97 Å². The van der Waals surface area contributed by atoms with Gasteiger partial charge in [-0.05, 0) is 60.7 Å². The summed E-state index contributed by atoms with van der Waals surface area (Å²) in [6.45, 7) is 0.142. The van der Waals surface area contributed by atoms with Gasteiger partial charge in [0.15, 0.2) is 5.78 Å². The maximum Gasteiger partial charge on any atom is 0.433 e. The Morgan fingerprint density at radius 2 is 1.95 bits per heavy atom. The molecule has 204 valence electrons. The summed E-state index contributed by atoms with van der Waals surface area (Å²) in [6.07, 6.45) is 1.02. The zero-order valence-corrected chi connectivity index (χ0v) is 21.4. The molecule has 1 saturated heterocycles. The molecule has 0 N–H and O–H groups in total. The second-order valence-corrected chi connectivity index (χ2v) is 11.0. The number of ether oxygens (including phenoxy) is 1. The Balaban J connectivity index is 1.21. The molecule has 0 unspecified atom stereocenters. The summed E-state index contributed by atoms with van der Waals surface area (Å²) in [5, 5.41) is 0.344. The number of furan rings is 1. The van der Waals surface area contributed by atoms with Crippen LogP contribution >= 0.6 is 0 Å². The highest BCUT2D eigenvalue weighted by molar-refractivity contribution is 7.89. The van der Waals surface area contributed by atoms with Crippen LogP contribution in [0.1, 0.15) is 36.1 Å². The summed E-state index contributed by atoms with van der Waals surface area (Å²) in [5.41, 5.74) is 0.513. The molecule has 3 aromatic heterocycles. The lowest BCUT2D eigenvalue weighted by molar-refractivity contribution is -0.141. The number of carbonyl (C=O) groups is 1. The molecule has 5 rings (SSSR count). The minimum Gasteiger partial charge on any atom is -0.489 e. The predicted octanol–water partition coefficient (Wildman–Crippen LogP) is 5.18. The number of aryl methyl sites for hydroxylation is 1. The Morgan fingerprint density at radius 3 is 2.74 bits per heavy atom. The fraction of sp³-hybridized carbons (Fsp3) is 0.296. The summed E-state index contributed by atoms with van der Waals surface area (Å²) in [5.74, 6) is 0.242. The Hall–Kier alpha value is -3.77. The van der Waals surface area contributed by atoms with Crippen molar-refractivity contribution in [2.75, 3.05) is 6.54 Å². The number of ketones is 1. The van der Waals surface area contributed by atoms with E-state index in [-0.39, 0.29) is 30.4 Å². The Labute approximate surface area is 222 Å². The van der Waals surface area contributed by atoms with Crippen molar-refractivity contribution < 1.29 is 35.5 Å². The van der Waals surface area contributed by atoms with Gasteiger partial charge in [-0.1, -0.05) is 12.1 Å². The zero-order valence-electron chi connectivity index (χ0n) is 20.6. The summed E-state index contributed by atoms with van der Waals surface area (Å²) >= 11 is 0. The number of pyridine rings is 2. The minimum atomic E-state index is -4.54. The van der Waals surface area contributed by atoms with Gasteiger partial charge in [-0.15, -0.1) is 0 Å². The van der Waals surface area contributed by atoms with E-state index in [1.165, 1.54) is 28.8 Å². The van der Waals surface area contributed by atoms with Crippen LogP contribution in [-0.4, -0.2) is 41.1 Å². The summed E-state index contributed by atoms with van der Waals surface area (Å²) in [4.78, 5) is 20.4. The molecule has 1 aromatic carbocycles. The fourth-order valence-corrected chi connectivity index (χ4v) is 6.19. The van der Waals surface area contributed by atoms with Gasteiger partial charge >= 0.3 is 6.18 Å². The SMILES string of the molecule is O=C(CCc1cccc(OCc2ccnc(C(F)(F)F)c2)c1)[C@@H]1CCCN1S(=O)(=O)c1cc2cnccc2o1. The minimum absolute atomic E-state index is 0.0826. The Bertz CT molecular complexity index is 1570. The number of nitrogens with zero attached hydrogens (tertiary/aromatic N) is 3. The van der Waals surface area contributed by atoms with Gasteiger partial charge in [-0.3, -0.25) is 14.8 Å². The number of fused-ring (bicyclic) bond motifs is 1. The summed E-state index contributed by atoms with van der Waals surface area (Å²) in [7, 11) is -4.01. The molecule has 0 radical (unpaired) electrons. The molecule has 4 aromatic rings. The third-order valence-corrected chi connectivity index (χ3v) is 8.28. The fourth-order valence-electron chi connectivity index (χ4n) is 4.56. The van der Waals surface area contributed by atoms with Crippen LogP contribution in [0, 0.1) is 0 Å². The number of Topliss-reactive ketones (excluding diaryl/α,β-unsaturated/α-hetero) is 1. The zero-order chi connectivity index (χ0) is 27.6. The summed E-state index contributed by atoms with van der Waals surface area (Å²) < 4.78 is 77.6. The van der Waals surface area contributed by atoms with Gasteiger partial charge in [-0.25, -0.2) is 8.42 Å². The van der Waals surface area contributed by atoms with Crippen molar-refractivity contribution in [3.63, 3.8) is 0 Å². The molecule has 1 atom stereocenters. The van der Waals surface area contributed by atoms with Crippen LogP contribution in [0.3, 0.4) is 0 Å². The van der Waals surface area contributed by atoms with Gasteiger partial charge in [0.2, 0.25) is 5.09 Å². The van der Waals surface area contributed by atoms with Crippen LogP contribution in [0.4, 0.5) is 13.2 Å². The monoisotopic (exact) mass is 559 g/mol. The predicted molar refractivity (Wildman–Crippen MR) is 134 cm³/mol. The van der Waals surface area contributed by atoms with Crippen molar-refractivity contribution in [1.29, 1.82) is 0 Å². The second kappa shape index (κ2) is 10.8. The van der Waals surface area contributed by atoms with E-state index in [1.807, 2.05) is 0 Å². The maximum atomic E-state index is 13.3. The first-order chi connectivity index (χ1) is 18.6. The quantitative estimate of drug-likeness (QED) is 0.279. The van der Waals surface area contributed by atoms with Crippen molar-refractivity contribution in [3.8, 4) is 5.75 Å². The Kier molecular flexibility index (Phi) is 7.41. The lowest BCUT2D eigenvalue weighted by Crippen LogP contribution is -2.40. The molecule has 0 spiro atoms. The molecule has 0 amide bonds. The normalized spacial score (nSPS) is 16.5. The topological polar surface area (TPSA) is 103 Å². The molecule has 0 bridgehead atoms. The molecule has 4 heterocycles. The largest absolute Gasteiger partial charge is 0.489 e. The van der Waals surface area contributed by atoms with Gasteiger partial charge < -0.3 is 9.15 Å². The molecule has 1 fully saturated rings. The number of sulfonamides is 1. The van der Waals surface area contributed by atoms with Gasteiger partial charge in [0, 0.05) is 43.0 Å². The van der Waals surface area contributed by atoms with Gasteiger partial charge in [0.25, 0.3) is 10.0 Å². The van der Waals surface area contributed by atoms with Crippen LogP contribution in [0.15, 0.2) is 76.6 Å². The molecule has 12 heteroatoms. The van der Waals surface area contributed by atoms with Crippen molar-refractivity contribution in [2.45, 2.75) is 49.6 Å². The van der Waals surface area contributed by atoms with Crippen molar-refractivity contribution in [2.24, 2.45) is 0 Å². The first-order valence-corrected chi connectivity index (χ1v) is 13.7. The molecule has 8 nitrogen and oxygen atoms in total. The third-order valence-electron chi connectivity index (χ3n) is 6.51. The molecule has 1 aliphatic heterocycles. The average Bonchev–Trinajstić information content (AvgIpc) is 3.59. The van der Waals surface area contributed by atoms with Crippen molar-refractivity contribution >= 4 is 26.8 Å². The van der Waals surface area contributed by atoms with Crippen molar-refractivity contribution in [1.82, 2.24) is 14.3 Å². The molecule has 1 aliphatic rings. The molecular weight excluding hydrogens is 535 g/mol. The number of halogens is 3. The van der Waals surface area contributed by atoms with Crippen LogP contribution in [-0.2, 0) is 34.0 Å². The smallest absolute Gasteiger partial charge is 0.433 e. The third kappa shape index (κ3) is 5.96. The first-order valence-electron chi connectivity index (χ1n) is 12.2. The number of benzene rings is 1. The van der Waals surface area contributed by atoms with Crippen LogP contribution in [0.25, 0.3) is 11.0 Å². The highest BCUT2D eigenvalue weighted by Crippen LogP contribution is 2.31. The highest BCUT2D eigenvalue weighted by atomic mass is 32.2.